The summed E-state index contributed by atoms with van der Waals surface area (Å²) in [6.45, 7) is 4.71. The molecule has 0 saturated heterocycles. The summed E-state index contributed by atoms with van der Waals surface area (Å²) in [6, 6.07) is 54.7. The predicted octanol–water partition coefficient (Wildman–Crippen LogP) is 12.2. The molecule has 2 nitrogen and oxygen atoms in total. The van der Waals surface area contributed by atoms with E-state index in [0.29, 0.717) is 0 Å². The lowest BCUT2D eigenvalue weighted by atomic mass is 9.82. The van der Waals surface area contributed by atoms with E-state index in [9.17, 15) is 0 Å². The first kappa shape index (κ1) is 25.9. The van der Waals surface area contributed by atoms with Gasteiger partial charge in [0.25, 0.3) is 0 Å². The summed E-state index contributed by atoms with van der Waals surface area (Å²) in [4.78, 5) is 2.40. The number of furan rings is 1. The van der Waals surface area contributed by atoms with Gasteiger partial charge in [-0.2, -0.15) is 0 Å². The van der Waals surface area contributed by atoms with Crippen LogP contribution in [-0.2, 0) is 5.41 Å². The molecule has 0 unspecified atom stereocenters. The van der Waals surface area contributed by atoms with Crippen LogP contribution in [0, 0.1) is 0 Å². The van der Waals surface area contributed by atoms with Crippen LogP contribution in [0.1, 0.15) is 25.0 Å². The van der Waals surface area contributed by atoms with Crippen LogP contribution >= 0.6 is 0 Å². The Kier molecular flexibility index (Phi) is 5.58. The van der Waals surface area contributed by atoms with E-state index < -0.39 is 0 Å². The van der Waals surface area contributed by atoms with Crippen LogP contribution in [-0.4, -0.2) is 0 Å². The molecule has 9 rings (SSSR count). The van der Waals surface area contributed by atoms with Crippen LogP contribution in [0.5, 0.6) is 0 Å². The highest BCUT2D eigenvalue weighted by Crippen LogP contribution is 2.55. The average Bonchev–Trinajstić information content (AvgIpc) is 3.56. The Bertz CT molecular complexity index is 2400. The number of para-hydroxylation sites is 1. The number of hydrogen-bond acceptors (Lipinski definition) is 2. The highest BCUT2D eigenvalue weighted by atomic mass is 16.3. The minimum Gasteiger partial charge on any atom is -0.456 e. The maximum atomic E-state index is 6.40. The van der Waals surface area contributed by atoms with Crippen molar-refractivity contribution in [2.45, 2.75) is 19.3 Å². The first-order valence-corrected chi connectivity index (χ1v) is 15.6. The lowest BCUT2D eigenvalue weighted by molar-refractivity contribution is 0.661. The molecule has 1 heterocycles. The molecule has 8 aromatic rings. The van der Waals surface area contributed by atoms with Crippen molar-refractivity contribution < 1.29 is 4.42 Å². The molecule has 214 valence electrons. The van der Waals surface area contributed by atoms with Gasteiger partial charge >= 0.3 is 0 Å². The molecule has 0 saturated carbocycles. The van der Waals surface area contributed by atoms with Gasteiger partial charge in [0.05, 0.1) is 5.69 Å². The van der Waals surface area contributed by atoms with Gasteiger partial charge in [0.2, 0.25) is 0 Å². The number of anilines is 3. The van der Waals surface area contributed by atoms with Crippen molar-refractivity contribution in [1.82, 2.24) is 0 Å². The van der Waals surface area contributed by atoms with E-state index in [-0.39, 0.29) is 5.41 Å². The fourth-order valence-electron chi connectivity index (χ4n) is 7.35. The van der Waals surface area contributed by atoms with Crippen molar-refractivity contribution in [2.75, 3.05) is 4.90 Å². The molecule has 1 aliphatic carbocycles. The number of hydrogen-bond donors (Lipinski definition) is 0. The Labute approximate surface area is 262 Å². The van der Waals surface area contributed by atoms with Crippen molar-refractivity contribution in [3.63, 3.8) is 0 Å². The van der Waals surface area contributed by atoms with Crippen LogP contribution in [0.4, 0.5) is 17.1 Å². The molecule has 0 fully saturated rings. The maximum Gasteiger partial charge on any atom is 0.137 e. The van der Waals surface area contributed by atoms with Crippen molar-refractivity contribution in [3.8, 4) is 22.3 Å². The number of nitrogens with zero attached hydrogens (tertiary/aromatic N) is 1. The molecule has 0 radical (unpaired) electrons. The van der Waals surface area contributed by atoms with E-state index in [2.05, 4.69) is 158 Å². The predicted molar refractivity (Wildman–Crippen MR) is 189 cm³/mol. The highest BCUT2D eigenvalue weighted by Gasteiger charge is 2.38. The largest absolute Gasteiger partial charge is 0.456 e. The molecule has 0 bridgehead atoms. The zero-order valence-electron chi connectivity index (χ0n) is 25.3. The van der Waals surface area contributed by atoms with Gasteiger partial charge in [-0.15, -0.1) is 0 Å². The Morgan fingerprint density at radius 1 is 0.489 bits per heavy atom. The van der Waals surface area contributed by atoms with Crippen LogP contribution in [0.2, 0.25) is 0 Å². The van der Waals surface area contributed by atoms with E-state index in [1.54, 1.807) is 0 Å². The molecule has 0 atom stereocenters. The molecule has 0 spiro atoms. The highest BCUT2D eigenvalue weighted by molar-refractivity contribution is 6.07. The van der Waals surface area contributed by atoms with Crippen molar-refractivity contribution in [2.24, 2.45) is 0 Å². The van der Waals surface area contributed by atoms with Gasteiger partial charge in [0.15, 0.2) is 0 Å². The standard InChI is InChI=1S/C43H31NO/c1-43(2)37-16-10-17-39(42(37)36-25-30-13-6-7-14-31(30)26-38(36)43)44(32-21-19-29(20-22-32)28-11-4-3-5-12-28)33-23-24-35-34-15-8-9-18-40(34)45-41(35)27-33/h3-27H,1-2H3. The van der Waals surface area contributed by atoms with Crippen molar-refractivity contribution in [1.29, 1.82) is 0 Å². The lowest BCUT2D eigenvalue weighted by Crippen LogP contribution is -2.16. The van der Waals surface area contributed by atoms with Gasteiger partial charge in [-0.05, 0) is 87.1 Å². The summed E-state index contributed by atoms with van der Waals surface area (Å²) in [5, 5.41) is 4.81. The summed E-state index contributed by atoms with van der Waals surface area (Å²) in [5.74, 6) is 0. The van der Waals surface area contributed by atoms with Gasteiger partial charge in [-0.1, -0.05) is 111 Å². The van der Waals surface area contributed by atoms with E-state index >= 15 is 0 Å². The van der Waals surface area contributed by atoms with Crippen LogP contribution < -0.4 is 4.90 Å². The molecular weight excluding hydrogens is 546 g/mol. The van der Waals surface area contributed by atoms with E-state index in [1.165, 1.54) is 44.2 Å². The fourth-order valence-corrected chi connectivity index (χ4v) is 7.35. The average molecular weight is 578 g/mol. The lowest BCUT2D eigenvalue weighted by Gasteiger charge is -2.29. The van der Waals surface area contributed by atoms with Gasteiger partial charge < -0.3 is 9.32 Å². The molecule has 1 aromatic heterocycles. The molecule has 0 aliphatic heterocycles. The molecule has 1 aliphatic rings. The summed E-state index contributed by atoms with van der Waals surface area (Å²) >= 11 is 0. The SMILES string of the molecule is CC1(C)c2cc3ccccc3cc2-c2c(N(c3ccc(-c4ccccc4)cc3)c3ccc4c(c3)oc3ccccc34)cccc21. The Hall–Kier alpha value is -5.60. The van der Waals surface area contributed by atoms with Gasteiger partial charge in [-0.3, -0.25) is 0 Å². The minimum atomic E-state index is -0.129. The minimum absolute atomic E-state index is 0.129. The monoisotopic (exact) mass is 577 g/mol. The Morgan fingerprint density at radius 3 is 1.98 bits per heavy atom. The summed E-state index contributed by atoms with van der Waals surface area (Å²) < 4.78 is 6.40. The molecule has 0 N–H and O–H groups in total. The smallest absolute Gasteiger partial charge is 0.137 e. The molecule has 2 heteroatoms. The third kappa shape index (κ3) is 3.96. The van der Waals surface area contributed by atoms with E-state index in [4.69, 9.17) is 4.42 Å². The van der Waals surface area contributed by atoms with Crippen LogP contribution in [0.15, 0.2) is 156 Å². The molecule has 45 heavy (non-hydrogen) atoms. The Balaban J connectivity index is 1.29. The molecule has 0 amide bonds. The molecule has 7 aromatic carbocycles. The fraction of sp³-hybridized carbons (Fsp3) is 0.0698. The second-order valence-electron chi connectivity index (χ2n) is 12.6. The molecular formula is C43H31NO. The third-order valence-corrected chi connectivity index (χ3v) is 9.64. The summed E-state index contributed by atoms with van der Waals surface area (Å²) in [7, 11) is 0. The quantitative estimate of drug-likeness (QED) is 0.207. The van der Waals surface area contributed by atoms with Gasteiger partial charge in [-0.25, -0.2) is 0 Å². The number of benzene rings is 7. The first-order chi connectivity index (χ1) is 22.1. The number of rotatable bonds is 4. The van der Waals surface area contributed by atoms with Gasteiger partial charge in [0.1, 0.15) is 11.2 Å². The normalized spacial score (nSPS) is 13.3. The van der Waals surface area contributed by atoms with Crippen LogP contribution in [0.3, 0.4) is 0 Å². The van der Waals surface area contributed by atoms with Gasteiger partial charge in [0, 0.05) is 39.2 Å². The number of fused-ring (bicyclic) bond motifs is 7. The van der Waals surface area contributed by atoms with Crippen molar-refractivity contribution >= 4 is 49.8 Å². The summed E-state index contributed by atoms with van der Waals surface area (Å²) in [6.07, 6.45) is 0. The van der Waals surface area contributed by atoms with Crippen molar-refractivity contribution in [3.05, 3.63) is 163 Å². The second-order valence-corrected chi connectivity index (χ2v) is 12.6. The van der Waals surface area contributed by atoms with E-state index in [1.807, 2.05) is 12.1 Å². The van der Waals surface area contributed by atoms with Crippen LogP contribution in [0.25, 0.3) is 55.0 Å². The second kappa shape index (κ2) is 9.70. The topological polar surface area (TPSA) is 16.4 Å². The third-order valence-electron chi connectivity index (χ3n) is 9.64. The summed E-state index contributed by atoms with van der Waals surface area (Å²) in [5.41, 5.74) is 12.7. The zero-order chi connectivity index (χ0) is 30.1. The Morgan fingerprint density at radius 2 is 1.16 bits per heavy atom. The first-order valence-electron chi connectivity index (χ1n) is 15.6. The zero-order valence-corrected chi connectivity index (χ0v) is 25.3. The maximum absolute atomic E-state index is 6.40. The van der Waals surface area contributed by atoms with E-state index in [0.717, 1.165) is 39.0 Å².